The van der Waals surface area contributed by atoms with E-state index in [2.05, 4.69) is 4.98 Å². The molecule has 1 aliphatic heterocycles. The van der Waals surface area contributed by atoms with Gasteiger partial charge >= 0.3 is 17.8 Å². The molecule has 7 nitrogen and oxygen atoms in total. The van der Waals surface area contributed by atoms with Crippen LogP contribution in [0.2, 0.25) is 0 Å². The first-order valence-corrected chi connectivity index (χ1v) is 11.5. The van der Waals surface area contributed by atoms with Gasteiger partial charge in [0.15, 0.2) is 0 Å². The van der Waals surface area contributed by atoms with Crippen molar-refractivity contribution in [2.45, 2.75) is 32.0 Å². The molecule has 1 N–H and O–H groups in total. The Hall–Kier alpha value is -3.40. The normalized spacial score (nSPS) is 19.1. The molecule has 2 atom stereocenters. The molecule has 0 radical (unpaired) electrons. The molecule has 186 valence electrons. The highest BCUT2D eigenvalue weighted by atomic mass is 19.4. The van der Waals surface area contributed by atoms with Crippen LogP contribution in [0, 0.1) is 5.92 Å². The van der Waals surface area contributed by atoms with Crippen LogP contribution in [-0.4, -0.2) is 46.7 Å². The molecule has 10 heteroatoms. The smallest absolute Gasteiger partial charge is 0.416 e. The number of fused-ring (bicyclic) bond motifs is 1. The van der Waals surface area contributed by atoms with Crippen LogP contribution < -0.4 is 11.2 Å². The number of carbonyl (C=O) groups is 1. The topological polar surface area (TPSA) is 84.4 Å². The van der Waals surface area contributed by atoms with E-state index in [9.17, 15) is 27.6 Å². The van der Waals surface area contributed by atoms with Gasteiger partial charge in [-0.05, 0) is 55.6 Å². The number of aromatic amines is 1. The summed E-state index contributed by atoms with van der Waals surface area (Å²) in [6.07, 6.45) is -3.90. The van der Waals surface area contributed by atoms with Gasteiger partial charge in [-0.1, -0.05) is 24.3 Å². The molecule has 3 aromatic rings. The van der Waals surface area contributed by atoms with Gasteiger partial charge in [0.2, 0.25) is 0 Å². The Kier molecular flexibility index (Phi) is 7.11. The van der Waals surface area contributed by atoms with E-state index in [4.69, 9.17) is 4.74 Å². The maximum Gasteiger partial charge on any atom is 0.416 e. The minimum absolute atomic E-state index is 0.138. The van der Waals surface area contributed by atoms with Gasteiger partial charge < -0.3 is 14.6 Å². The van der Waals surface area contributed by atoms with Gasteiger partial charge in [0, 0.05) is 19.6 Å². The second kappa shape index (κ2) is 10.1. The van der Waals surface area contributed by atoms with Crippen molar-refractivity contribution in [2.75, 3.05) is 26.2 Å². The number of aromatic nitrogens is 2. The standard InChI is InChI=1S/C25H26F3N3O4/c1-2-35-23(33)20-15-30(12-11-18(20)16-7-9-17(10-8-16)25(26,27)28)13-14-31-22(32)19-5-3-4-6-21(19)29-24(31)34/h3-10,18,20H,2,11-15H2,1H3,(H,29,34)/t18-,20-/m1/s1. The van der Waals surface area contributed by atoms with Crippen molar-refractivity contribution in [3.05, 3.63) is 80.5 Å². The fourth-order valence-electron chi connectivity index (χ4n) is 4.67. The van der Waals surface area contributed by atoms with E-state index in [1.54, 1.807) is 31.2 Å². The molecule has 0 unspecified atom stereocenters. The van der Waals surface area contributed by atoms with Gasteiger partial charge in [-0.2, -0.15) is 13.2 Å². The fraction of sp³-hybridized carbons (Fsp3) is 0.400. The molecule has 1 aliphatic rings. The molecule has 4 rings (SSSR count). The van der Waals surface area contributed by atoms with E-state index in [-0.39, 0.29) is 24.6 Å². The second-order valence-corrected chi connectivity index (χ2v) is 8.61. The number of piperidine rings is 1. The van der Waals surface area contributed by atoms with Crippen molar-refractivity contribution < 1.29 is 22.7 Å². The maximum atomic E-state index is 13.0. The molecule has 35 heavy (non-hydrogen) atoms. The lowest BCUT2D eigenvalue weighted by Crippen LogP contribution is -2.46. The summed E-state index contributed by atoms with van der Waals surface area (Å²) in [5.41, 5.74) is -0.505. The molecular formula is C25H26F3N3O4. The van der Waals surface area contributed by atoms with Gasteiger partial charge in [-0.3, -0.25) is 14.2 Å². The number of halogens is 3. The van der Waals surface area contributed by atoms with Crippen molar-refractivity contribution >= 4 is 16.9 Å². The molecule has 1 fully saturated rings. The van der Waals surface area contributed by atoms with Gasteiger partial charge in [0.1, 0.15) is 0 Å². The third-order valence-electron chi connectivity index (χ3n) is 6.48. The minimum atomic E-state index is -4.43. The van der Waals surface area contributed by atoms with Crippen LogP contribution in [0.1, 0.15) is 30.4 Å². The summed E-state index contributed by atoms with van der Waals surface area (Å²) >= 11 is 0. The number of para-hydroxylation sites is 1. The highest BCUT2D eigenvalue weighted by Crippen LogP contribution is 2.36. The number of carbonyl (C=O) groups excluding carboxylic acids is 1. The van der Waals surface area contributed by atoms with E-state index in [0.29, 0.717) is 42.5 Å². The number of benzene rings is 2. The molecule has 0 aliphatic carbocycles. The van der Waals surface area contributed by atoms with Gasteiger partial charge in [0.05, 0.1) is 29.0 Å². The summed E-state index contributed by atoms with van der Waals surface area (Å²) in [5, 5.41) is 0.414. The quantitative estimate of drug-likeness (QED) is 0.537. The van der Waals surface area contributed by atoms with Gasteiger partial charge in [-0.15, -0.1) is 0 Å². The maximum absolute atomic E-state index is 13.0. The molecule has 0 spiro atoms. The van der Waals surface area contributed by atoms with E-state index in [0.717, 1.165) is 16.7 Å². The Morgan fingerprint density at radius 3 is 2.49 bits per heavy atom. The largest absolute Gasteiger partial charge is 0.466 e. The van der Waals surface area contributed by atoms with Crippen LogP contribution in [-0.2, 0) is 22.3 Å². The van der Waals surface area contributed by atoms with E-state index >= 15 is 0 Å². The van der Waals surface area contributed by atoms with Crippen LogP contribution in [0.5, 0.6) is 0 Å². The zero-order valence-electron chi connectivity index (χ0n) is 19.2. The first-order chi connectivity index (χ1) is 16.7. The Labute approximate surface area is 199 Å². The van der Waals surface area contributed by atoms with Crippen LogP contribution in [0.3, 0.4) is 0 Å². The first-order valence-electron chi connectivity index (χ1n) is 11.5. The number of likely N-dealkylation sites (tertiary alicyclic amines) is 1. The molecule has 2 aromatic carbocycles. The summed E-state index contributed by atoms with van der Waals surface area (Å²) in [6.45, 7) is 3.25. The third-order valence-corrected chi connectivity index (χ3v) is 6.48. The zero-order valence-corrected chi connectivity index (χ0v) is 19.2. The number of H-pyrrole nitrogens is 1. The summed E-state index contributed by atoms with van der Waals surface area (Å²) < 4.78 is 45.3. The van der Waals surface area contributed by atoms with Crippen molar-refractivity contribution in [2.24, 2.45) is 5.92 Å². The Morgan fingerprint density at radius 1 is 1.09 bits per heavy atom. The van der Waals surface area contributed by atoms with Crippen molar-refractivity contribution in [3.8, 4) is 0 Å². The Bertz CT molecular complexity index is 1310. The molecule has 1 saturated heterocycles. The van der Waals surface area contributed by atoms with Crippen LogP contribution >= 0.6 is 0 Å². The van der Waals surface area contributed by atoms with Crippen LogP contribution in [0.15, 0.2) is 58.1 Å². The fourth-order valence-corrected chi connectivity index (χ4v) is 4.67. The number of alkyl halides is 3. The number of nitrogens with one attached hydrogen (secondary N) is 1. The number of nitrogens with zero attached hydrogens (tertiary/aromatic N) is 2. The lowest BCUT2D eigenvalue weighted by atomic mass is 9.80. The second-order valence-electron chi connectivity index (χ2n) is 8.61. The molecular weight excluding hydrogens is 463 g/mol. The summed E-state index contributed by atoms with van der Waals surface area (Å²) in [6, 6.07) is 11.7. The lowest BCUT2D eigenvalue weighted by molar-refractivity contribution is -0.151. The molecule has 1 aromatic heterocycles. The number of hydrogen-bond donors (Lipinski definition) is 1. The molecule has 0 bridgehead atoms. The predicted molar refractivity (Wildman–Crippen MR) is 124 cm³/mol. The van der Waals surface area contributed by atoms with E-state index < -0.39 is 29.3 Å². The first kappa shape index (κ1) is 24.7. The summed E-state index contributed by atoms with van der Waals surface area (Å²) in [7, 11) is 0. The third kappa shape index (κ3) is 5.32. The lowest BCUT2D eigenvalue weighted by Gasteiger charge is -2.37. The number of rotatable bonds is 6. The Morgan fingerprint density at radius 2 is 1.80 bits per heavy atom. The zero-order chi connectivity index (χ0) is 25.2. The minimum Gasteiger partial charge on any atom is -0.466 e. The summed E-state index contributed by atoms with van der Waals surface area (Å²) in [5.74, 6) is -1.28. The molecule has 0 amide bonds. The van der Waals surface area contributed by atoms with Gasteiger partial charge in [0.25, 0.3) is 5.56 Å². The predicted octanol–water partition coefficient (Wildman–Crippen LogP) is 3.38. The highest BCUT2D eigenvalue weighted by molar-refractivity contribution is 5.77. The number of ether oxygens (including phenoxy) is 1. The highest BCUT2D eigenvalue weighted by Gasteiger charge is 2.37. The van der Waals surface area contributed by atoms with Crippen molar-refractivity contribution in [1.29, 1.82) is 0 Å². The number of hydrogen-bond acceptors (Lipinski definition) is 5. The van der Waals surface area contributed by atoms with Gasteiger partial charge in [-0.25, -0.2) is 4.79 Å². The van der Waals surface area contributed by atoms with Crippen LogP contribution in [0.4, 0.5) is 13.2 Å². The molecule has 2 heterocycles. The molecule has 0 saturated carbocycles. The van der Waals surface area contributed by atoms with Crippen molar-refractivity contribution in [3.63, 3.8) is 0 Å². The SMILES string of the molecule is CCOC(=O)[C@@H]1CN(CCn2c(=O)[nH]c3ccccc3c2=O)CC[C@@H]1c1ccc(C(F)(F)F)cc1. The monoisotopic (exact) mass is 489 g/mol. The van der Waals surface area contributed by atoms with E-state index in [1.165, 1.54) is 12.1 Å². The van der Waals surface area contributed by atoms with E-state index in [1.807, 2.05) is 4.90 Å². The average Bonchev–Trinajstić information content (AvgIpc) is 2.83. The Balaban J connectivity index is 1.51. The van der Waals surface area contributed by atoms with Crippen molar-refractivity contribution in [1.82, 2.24) is 14.5 Å². The summed E-state index contributed by atoms with van der Waals surface area (Å²) in [4.78, 5) is 42.7. The van der Waals surface area contributed by atoms with Crippen LogP contribution in [0.25, 0.3) is 10.9 Å². The average molecular weight is 489 g/mol. The number of esters is 1.